The molecule has 0 aliphatic heterocycles. The Hall–Kier alpha value is -2.63. The van der Waals surface area contributed by atoms with Gasteiger partial charge in [0, 0.05) is 19.0 Å². The van der Waals surface area contributed by atoms with Gasteiger partial charge in [0.2, 0.25) is 0 Å². The van der Waals surface area contributed by atoms with Crippen LogP contribution >= 0.6 is 0 Å². The third-order valence-electron chi connectivity index (χ3n) is 3.18. The quantitative estimate of drug-likeness (QED) is 0.622. The van der Waals surface area contributed by atoms with E-state index in [9.17, 15) is 14.4 Å². The Morgan fingerprint density at radius 2 is 2.00 bits per heavy atom. The van der Waals surface area contributed by atoms with Crippen molar-refractivity contribution < 1.29 is 18.7 Å². The minimum absolute atomic E-state index is 0.0509. The maximum absolute atomic E-state index is 12.3. The number of fused-ring (bicyclic) bond motifs is 1. The van der Waals surface area contributed by atoms with Gasteiger partial charge in [-0.15, -0.1) is 0 Å². The van der Waals surface area contributed by atoms with E-state index in [0.717, 1.165) is 0 Å². The van der Waals surface area contributed by atoms with Gasteiger partial charge in [-0.25, -0.2) is 4.79 Å². The number of carbonyl (C=O) groups excluding carboxylic acids is 2. The van der Waals surface area contributed by atoms with Crippen LogP contribution in [0.1, 0.15) is 23.7 Å². The first-order chi connectivity index (χ1) is 10.5. The standard InChI is InChI=1S/C16H17NO5/c1-3-21-14(18)8-9-17(2)15(19)12-10-11-6-4-5-7-13(11)22-16(12)20/h4-7,10H,3,8-9H2,1-2H3. The van der Waals surface area contributed by atoms with Crippen LogP contribution in [0.25, 0.3) is 11.0 Å². The van der Waals surface area contributed by atoms with Crippen LogP contribution in [0.3, 0.4) is 0 Å². The van der Waals surface area contributed by atoms with Crippen molar-refractivity contribution in [3.05, 3.63) is 46.3 Å². The monoisotopic (exact) mass is 303 g/mol. The molecule has 0 spiro atoms. The van der Waals surface area contributed by atoms with Crippen molar-refractivity contribution in [1.29, 1.82) is 0 Å². The minimum Gasteiger partial charge on any atom is -0.466 e. The highest BCUT2D eigenvalue weighted by Gasteiger charge is 2.18. The summed E-state index contributed by atoms with van der Waals surface area (Å²) in [6.07, 6.45) is 0.0784. The molecule has 1 aromatic heterocycles. The third-order valence-corrected chi connectivity index (χ3v) is 3.18. The molecule has 0 radical (unpaired) electrons. The molecule has 2 rings (SSSR count). The molecule has 0 atom stereocenters. The maximum atomic E-state index is 12.3. The van der Waals surface area contributed by atoms with Crippen molar-refractivity contribution in [2.24, 2.45) is 0 Å². The zero-order valence-electron chi connectivity index (χ0n) is 12.5. The van der Waals surface area contributed by atoms with Crippen molar-refractivity contribution in [2.75, 3.05) is 20.2 Å². The number of ether oxygens (including phenoxy) is 1. The Balaban J connectivity index is 2.16. The molecule has 0 saturated carbocycles. The van der Waals surface area contributed by atoms with Gasteiger partial charge in [-0.1, -0.05) is 18.2 Å². The van der Waals surface area contributed by atoms with E-state index in [4.69, 9.17) is 9.15 Å². The first-order valence-corrected chi connectivity index (χ1v) is 6.97. The van der Waals surface area contributed by atoms with Crippen LogP contribution in [0.5, 0.6) is 0 Å². The molecule has 0 saturated heterocycles. The highest BCUT2D eigenvalue weighted by Crippen LogP contribution is 2.13. The predicted molar refractivity (Wildman–Crippen MR) is 80.7 cm³/mol. The Bertz CT molecular complexity index is 750. The largest absolute Gasteiger partial charge is 0.466 e. The van der Waals surface area contributed by atoms with Crippen molar-refractivity contribution in [3.8, 4) is 0 Å². The molecule has 0 aliphatic carbocycles. The first-order valence-electron chi connectivity index (χ1n) is 6.97. The Morgan fingerprint density at radius 3 is 2.73 bits per heavy atom. The van der Waals surface area contributed by atoms with E-state index in [1.165, 1.54) is 18.0 Å². The molecule has 6 heteroatoms. The van der Waals surface area contributed by atoms with Gasteiger partial charge < -0.3 is 14.1 Å². The van der Waals surface area contributed by atoms with Crippen LogP contribution in [0, 0.1) is 0 Å². The summed E-state index contributed by atoms with van der Waals surface area (Å²) in [7, 11) is 1.52. The molecular weight excluding hydrogens is 286 g/mol. The van der Waals surface area contributed by atoms with E-state index in [1.807, 2.05) is 0 Å². The lowest BCUT2D eigenvalue weighted by Gasteiger charge is -2.16. The second-order valence-electron chi connectivity index (χ2n) is 4.77. The fourth-order valence-corrected chi connectivity index (χ4v) is 2.01. The van der Waals surface area contributed by atoms with E-state index in [0.29, 0.717) is 17.6 Å². The van der Waals surface area contributed by atoms with Gasteiger partial charge >= 0.3 is 11.6 Å². The summed E-state index contributed by atoms with van der Waals surface area (Å²) >= 11 is 0. The van der Waals surface area contributed by atoms with E-state index in [2.05, 4.69) is 0 Å². The SMILES string of the molecule is CCOC(=O)CCN(C)C(=O)c1cc2ccccc2oc1=O. The molecule has 0 unspecified atom stereocenters. The van der Waals surface area contributed by atoms with Gasteiger partial charge in [0.1, 0.15) is 11.1 Å². The molecule has 1 amide bonds. The van der Waals surface area contributed by atoms with Gasteiger partial charge in [-0.3, -0.25) is 9.59 Å². The Morgan fingerprint density at radius 1 is 1.27 bits per heavy atom. The maximum Gasteiger partial charge on any atom is 0.349 e. The Kier molecular flexibility index (Phi) is 4.93. The Labute approximate surface area is 127 Å². The lowest BCUT2D eigenvalue weighted by atomic mass is 10.1. The second-order valence-corrected chi connectivity index (χ2v) is 4.77. The van der Waals surface area contributed by atoms with E-state index >= 15 is 0 Å². The van der Waals surface area contributed by atoms with Gasteiger partial charge in [-0.05, 0) is 19.1 Å². The average Bonchev–Trinajstić information content (AvgIpc) is 2.51. The number of hydrogen-bond donors (Lipinski definition) is 0. The highest BCUT2D eigenvalue weighted by molar-refractivity contribution is 5.96. The highest BCUT2D eigenvalue weighted by atomic mass is 16.5. The van der Waals surface area contributed by atoms with Gasteiger partial charge in [0.05, 0.1) is 13.0 Å². The predicted octanol–water partition coefficient (Wildman–Crippen LogP) is 1.82. The summed E-state index contributed by atoms with van der Waals surface area (Å²) in [5.41, 5.74) is -0.310. The van der Waals surface area contributed by atoms with Gasteiger partial charge in [-0.2, -0.15) is 0 Å². The summed E-state index contributed by atoms with van der Waals surface area (Å²) in [6, 6.07) is 8.47. The number of rotatable bonds is 5. The van der Waals surface area contributed by atoms with E-state index in [-0.39, 0.29) is 24.5 Å². The number of amides is 1. The summed E-state index contributed by atoms with van der Waals surface area (Å²) in [6.45, 7) is 2.18. The summed E-state index contributed by atoms with van der Waals surface area (Å²) in [5, 5.41) is 0.671. The third kappa shape index (κ3) is 3.52. The molecule has 116 valence electrons. The molecule has 0 N–H and O–H groups in total. The summed E-state index contributed by atoms with van der Waals surface area (Å²) in [4.78, 5) is 36.8. The van der Waals surface area contributed by atoms with Crippen molar-refractivity contribution >= 4 is 22.8 Å². The van der Waals surface area contributed by atoms with Crippen LogP contribution < -0.4 is 5.63 Å². The number of para-hydroxylation sites is 1. The van der Waals surface area contributed by atoms with E-state index < -0.39 is 11.5 Å². The number of hydrogen-bond acceptors (Lipinski definition) is 5. The normalized spacial score (nSPS) is 10.5. The lowest BCUT2D eigenvalue weighted by Crippen LogP contribution is -2.32. The molecule has 0 aliphatic rings. The smallest absolute Gasteiger partial charge is 0.349 e. The topological polar surface area (TPSA) is 76.8 Å². The van der Waals surface area contributed by atoms with Crippen LogP contribution in [-0.4, -0.2) is 37.0 Å². The zero-order chi connectivity index (χ0) is 16.1. The lowest BCUT2D eigenvalue weighted by molar-refractivity contribution is -0.143. The van der Waals surface area contributed by atoms with E-state index in [1.54, 1.807) is 31.2 Å². The summed E-state index contributed by atoms with van der Waals surface area (Å²) in [5.74, 6) is -0.864. The number of carbonyl (C=O) groups is 2. The summed E-state index contributed by atoms with van der Waals surface area (Å²) < 4.78 is 9.94. The van der Waals surface area contributed by atoms with Crippen molar-refractivity contribution in [1.82, 2.24) is 4.90 Å². The number of esters is 1. The number of nitrogens with zero attached hydrogens (tertiary/aromatic N) is 1. The minimum atomic E-state index is -0.688. The molecule has 0 fully saturated rings. The fraction of sp³-hybridized carbons (Fsp3) is 0.312. The van der Waals surface area contributed by atoms with Crippen molar-refractivity contribution in [2.45, 2.75) is 13.3 Å². The first kappa shape index (κ1) is 15.8. The van der Waals surface area contributed by atoms with Gasteiger partial charge in [0.15, 0.2) is 0 Å². The molecular formula is C16H17NO5. The van der Waals surface area contributed by atoms with Crippen LogP contribution in [0.4, 0.5) is 0 Å². The zero-order valence-corrected chi connectivity index (χ0v) is 12.5. The molecule has 22 heavy (non-hydrogen) atoms. The second kappa shape index (κ2) is 6.89. The van der Waals surface area contributed by atoms with Crippen LogP contribution in [-0.2, 0) is 9.53 Å². The van der Waals surface area contributed by atoms with Gasteiger partial charge in [0.25, 0.3) is 5.91 Å². The van der Waals surface area contributed by atoms with Crippen LogP contribution in [0.15, 0.2) is 39.5 Å². The molecule has 0 bridgehead atoms. The molecule has 1 heterocycles. The van der Waals surface area contributed by atoms with Crippen LogP contribution in [0.2, 0.25) is 0 Å². The molecule has 6 nitrogen and oxygen atoms in total. The fourth-order valence-electron chi connectivity index (χ4n) is 2.01. The molecule has 2 aromatic rings. The number of benzene rings is 1. The molecule has 1 aromatic carbocycles. The average molecular weight is 303 g/mol. The van der Waals surface area contributed by atoms with Crippen molar-refractivity contribution in [3.63, 3.8) is 0 Å².